The number of nitrogens with one attached hydrogen (secondary N) is 1. The van der Waals surface area contributed by atoms with Crippen LogP contribution < -0.4 is 10.2 Å². The predicted molar refractivity (Wildman–Crippen MR) is 93.6 cm³/mol. The van der Waals surface area contributed by atoms with Crippen molar-refractivity contribution < 1.29 is 22.8 Å². The molecule has 3 rings (SSSR count). The van der Waals surface area contributed by atoms with Gasteiger partial charge in [-0.15, -0.1) is 11.3 Å². The zero-order valence-corrected chi connectivity index (χ0v) is 14.6. The van der Waals surface area contributed by atoms with E-state index in [9.17, 15) is 22.8 Å². The number of piperidine rings is 1. The molecule has 1 amide bonds. The Hall–Kier alpha value is -2.35. The Labute approximate surface area is 152 Å². The maximum atomic E-state index is 12.5. The first-order chi connectivity index (χ1) is 12.4. The summed E-state index contributed by atoms with van der Waals surface area (Å²) < 4.78 is 37.5. The van der Waals surface area contributed by atoms with E-state index < -0.39 is 22.7 Å². The summed E-state index contributed by atoms with van der Waals surface area (Å²) in [5.41, 5.74) is 0.983. The summed E-state index contributed by atoms with van der Waals surface area (Å²) in [5.74, 6) is -2.39. The highest BCUT2D eigenvalue weighted by molar-refractivity contribution is 7.16. The smallest absolute Gasteiger partial charge is 0.351 e. The maximum Gasteiger partial charge on any atom is 0.455 e. The van der Waals surface area contributed by atoms with Crippen LogP contribution in [0.4, 0.5) is 18.9 Å². The predicted octanol–water partition coefficient (Wildman–Crippen LogP) is 4.24. The SMILES string of the molecule is O=C(NC1CCCCN1c1ccccc1)c1ccc(C(=O)C(F)(F)F)s1. The topological polar surface area (TPSA) is 49.4 Å². The fraction of sp³-hybridized carbons (Fsp3) is 0.333. The lowest BCUT2D eigenvalue weighted by atomic mass is 10.1. The Balaban J connectivity index is 1.72. The van der Waals surface area contributed by atoms with Gasteiger partial charge in [0.05, 0.1) is 9.75 Å². The third-order valence-corrected chi connectivity index (χ3v) is 5.28. The zero-order valence-electron chi connectivity index (χ0n) is 13.8. The highest BCUT2D eigenvalue weighted by Crippen LogP contribution is 2.27. The molecule has 1 aliphatic rings. The fourth-order valence-corrected chi connectivity index (χ4v) is 3.82. The Morgan fingerprint density at radius 3 is 2.42 bits per heavy atom. The number of hydrogen-bond acceptors (Lipinski definition) is 4. The Morgan fingerprint density at radius 2 is 1.73 bits per heavy atom. The van der Waals surface area contributed by atoms with E-state index in [0.29, 0.717) is 11.3 Å². The second-order valence-electron chi connectivity index (χ2n) is 6.00. The highest BCUT2D eigenvalue weighted by atomic mass is 32.1. The summed E-state index contributed by atoms with van der Waals surface area (Å²) in [4.78, 5) is 25.4. The van der Waals surface area contributed by atoms with E-state index in [1.807, 2.05) is 30.3 Å². The van der Waals surface area contributed by atoms with E-state index in [-0.39, 0.29) is 11.0 Å². The van der Waals surface area contributed by atoms with Crippen LogP contribution in [-0.4, -0.2) is 30.6 Å². The molecule has 1 aromatic carbocycles. The quantitative estimate of drug-likeness (QED) is 0.805. The minimum atomic E-state index is -4.94. The largest absolute Gasteiger partial charge is 0.455 e. The molecule has 0 saturated carbocycles. The van der Waals surface area contributed by atoms with Gasteiger partial charge in [-0.25, -0.2) is 0 Å². The highest BCUT2D eigenvalue weighted by Gasteiger charge is 2.40. The number of para-hydroxylation sites is 1. The van der Waals surface area contributed by atoms with Crippen molar-refractivity contribution in [2.24, 2.45) is 0 Å². The monoisotopic (exact) mass is 382 g/mol. The molecule has 1 fully saturated rings. The molecule has 0 bridgehead atoms. The minimum absolute atomic E-state index is 0.0937. The number of carbonyl (C=O) groups is 2. The van der Waals surface area contributed by atoms with E-state index in [4.69, 9.17) is 0 Å². The lowest BCUT2D eigenvalue weighted by molar-refractivity contribution is -0.0882. The molecular formula is C18H17F3N2O2S. The molecule has 138 valence electrons. The molecule has 1 N–H and O–H groups in total. The van der Waals surface area contributed by atoms with Gasteiger partial charge in [-0.05, 0) is 43.5 Å². The van der Waals surface area contributed by atoms with Gasteiger partial charge in [0, 0.05) is 12.2 Å². The van der Waals surface area contributed by atoms with Gasteiger partial charge in [0.2, 0.25) is 0 Å². The average molecular weight is 382 g/mol. The summed E-state index contributed by atoms with van der Waals surface area (Å²) in [6.45, 7) is 0.789. The van der Waals surface area contributed by atoms with Gasteiger partial charge in [-0.2, -0.15) is 13.2 Å². The first-order valence-electron chi connectivity index (χ1n) is 8.20. The van der Waals surface area contributed by atoms with Crippen LogP contribution in [0.2, 0.25) is 0 Å². The number of ketones is 1. The molecule has 0 radical (unpaired) electrons. The molecule has 1 aliphatic heterocycles. The van der Waals surface area contributed by atoms with Crippen LogP contribution in [0.1, 0.15) is 38.6 Å². The van der Waals surface area contributed by atoms with Crippen LogP contribution in [0.5, 0.6) is 0 Å². The third-order valence-electron chi connectivity index (χ3n) is 4.20. The van der Waals surface area contributed by atoms with Crippen molar-refractivity contribution >= 4 is 28.7 Å². The number of halogens is 3. The minimum Gasteiger partial charge on any atom is -0.351 e. The lowest BCUT2D eigenvalue weighted by Crippen LogP contribution is -2.50. The number of carbonyl (C=O) groups excluding carboxylic acids is 2. The number of nitrogens with zero attached hydrogens (tertiary/aromatic N) is 1. The van der Waals surface area contributed by atoms with Crippen molar-refractivity contribution in [2.45, 2.75) is 31.6 Å². The third kappa shape index (κ3) is 4.07. The maximum absolute atomic E-state index is 12.5. The summed E-state index contributed by atoms with van der Waals surface area (Å²) >= 11 is 0.561. The van der Waals surface area contributed by atoms with Gasteiger partial charge in [0.25, 0.3) is 11.7 Å². The molecule has 0 aliphatic carbocycles. The van der Waals surface area contributed by atoms with Crippen LogP contribution in [0.15, 0.2) is 42.5 Å². The molecular weight excluding hydrogens is 365 g/mol. The van der Waals surface area contributed by atoms with Crippen LogP contribution in [0.25, 0.3) is 0 Å². The van der Waals surface area contributed by atoms with Crippen molar-refractivity contribution in [3.05, 3.63) is 52.2 Å². The van der Waals surface area contributed by atoms with Gasteiger partial charge in [-0.1, -0.05) is 18.2 Å². The number of benzene rings is 1. The normalized spacial score (nSPS) is 17.8. The van der Waals surface area contributed by atoms with Crippen molar-refractivity contribution in [3.8, 4) is 0 Å². The molecule has 2 aromatic rings. The summed E-state index contributed by atoms with van der Waals surface area (Å²) in [7, 11) is 0. The standard InChI is InChI=1S/C18H17F3N2O2S/c19-18(20,21)16(24)13-9-10-14(26-13)17(25)22-15-8-4-5-11-23(15)12-6-2-1-3-7-12/h1-3,6-7,9-10,15H,4-5,8,11H2,(H,22,25). The van der Waals surface area contributed by atoms with Gasteiger partial charge >= 0.3 is 6.18 Å². The molecule has 1 atom stereocenters. The van der Waals surface area contributed by atoms with Crippen LogP contribution >= 0.6 is 11.3 Å². The summed E-state index contributed by atoms with van der Waals surface area (Å²) in [6.07, 6.45) is -2.46. The first-order valence-corrected chi connectivity index (χ1v) is 9.02. The number of Topliss-reactive ketones (excluding diaryl/α,β-unsaturated/α-hetero) is 1. The molecule has 26 heavy (non-hydrogen) atoms. The van der Waals surface area contributed by atoms with E-state index >= 15 is 0 Å². The van der Waals surface area contributed by atoms with E-state index in [0.717, 1.165) is 37.6 Å². The molecule has 8 heteroatoms. The van der Waals surface area contributed by atoms with Crippen molar-refractivity contribution in [1.82, 2.24) is 5.32 Å². The summed E-state index contributed by atoms with van der Waals surface area (Å²) in [6, 6.07) is 11.9. The lowest BCUT2D eigenvalue weighted by Gasteiger charge is -2.37. The van der Waals surface area contributed by atoms with E-state index in [1.165, 1.54) is 6.07 Å². The molecule has 0 spiro atoms. The fourth-order valence-electron chi connectivity index (χ4n) is 2.95. The number of hydrogen-bond donors (Lipinski definition) is 1. The molecule has 4 nitrogen and oxygen atoms in total. The van der Waals surface area contributed by atoms with Crippen molar-refractivity contribution in [1.29, 1.82) is 0 Å². The van der Waals surface area contributed by atoms with Crippen molar-refractivity contribution in [2.75, 3.05) is 11.4 Å². The van der Waals surface area contributed by atoms with Gasteiger partial charge in [-0.3, -0.25) is 9.59 Å². The number of amides is 1. The molecule has 1 unspecified atom stereocenters. The van der Waals surface area contributed by atoms with Crippen LogP contribution in [0.3, 0.4) is 0 Å². The first kappa shape index (κ1) is 18.4. The molecule has 1 aromatic heterocycles. The number of thiophene rings is 1. The van der Waals surface area contributed by atoms with Crippen LogP contribution in [-0.2, 0) is 0 Å². The number of rotatable bonds is 4. The molecule has 2 heterocycles. The summed E-state index contributed by atoms with van der Waals surface area (Å²) in [5, 5.41) is 2.88. The number of alkyl halides is 3. The molecule has 1 saturated heterocycles. The van der Waals surface area contributed by atoms with Gasteiger partial charge < -0.3 is 10.2 Å². The second-order valence-corrected chi connectivity index (χ2v) is 7.09. The Morgan fingerprint density at radius 1 is 1.04 bits per heavy atom. The Bertz CT molecular complexity index is 789. The van der Waals surface area contributed by atoms with Gasteiger partial charge in [0.1, 0.15) is 6.17 Å². The van der Waals surface area contributed by atoms with E-state index in [1.54, 1.807) is 0 Å². The Kier molecular flexibility index (Phi) is 5.31. The van der Waals surface area contributed by atoms with Crippen LogP contribution in [0, 0.1) is 0 Å². The zero-order chi connectivity index (χ0) is 18.7. The second kappa shape index (κ2) is 7.49. The number of anilines is 1. The van der Waals surface area contributed by atoms with E-state index in [2.05, 4.69) is 10.2 Å². The average Bonchev–Trinajstić information content (AvgIpc) is 3.11. The van der Waals surface area contributed by atoms with Gasteiger partial charge in [0.15, 0.2) is 0 Å². The van der Waals surface area contributed by atoms with Crippen molar-refractivity contribution in [3.63, 3.8) is 0 Å².